The Balaban J connectivity index is 3.02. The Morgan fingerprint density at radius 3 is 2.23 bits per heavy atom. The number of hydrogen-bond donors (Lipinski definition) is 2. The predicted molar refractivity (Wildman–Crippen MR) is 88.2 cm³/mol. The number of rotatable bonds is 5. The van der Waals surface area contributed by atoms with Crippen molar-refractivity contribution in [1.82, 2.24) is 4.90 Å². The van der Waals surface area contributed by atoms with Gasteiger partial charge in [-0.25, -0.2) is 9.59 Å². The molecule has 5 nitrogen and oxygen atoms in total. The van der Waals surface area contributed by atoms with Gasteiger partial charge in [-0.1, -0.05) is 29.8 Å². The maximum absolute atomic E-state index is 12.3. The van der Waals surface area contributed by atoms with E-state index in [4.69, 9.17) is 4.74 Å². The summed E-state index contributed by atoms with van der Waals surface area (Å²) in [5, 5.41) is 9.31. The van der Waals surface area contributed by atoms with Crippen LogP contribution < -0.4 is 0 Å². The fraction of sp³-hybridized carbons (Fsp3) is 0.500. The minimum absolute atomic E-state index is 0.0143. The lowest BCUT2D eigenvalue weighted by atomic mass is 10.1. The number of carbonyl (C=O) groups excluding carboxylic acids is 1. The van der Waals surface area contributed by atoms with Crippen LogP contribution in [0.5, 0.6) is 0 Å². The Kier molecular flexibility index (Phi) is 6.29. The van der Waals surface area contributed by atoms with Crippen molar-refractivity contribution in [3.05, 3.63) is 35.4 Å². The van der Waals surface area contributed by atoms with E-state index < -0.39 is 23.7 Å². The predicted octanol–water partition coefficient (Wildman–Crippen LogP) is 3.12. The summed E-state index contributed by atoms with van der Waals surface area (Å²) in [6.45, 7) is 7.35. The molecule has 6 heteroatoms. The van der Waals surface area contributed by atoms with Gasteiger partial charge in [0.15, 0.2) is 0 Å². The van der Waals surface area contributed by atoms with Crippen molar-refractivity contribution < 1.29 is 19.4 Å². The molecule has 1 atom stereocenters. The summed E-state index contributed by atoms with van der Waals surface area (Å²) in [5.41, 5.74) is 1.24. The van der Waals surface area contributed by atoms with Gasteiger partial charge in [0, 0.05) is 12.3 Å². The minimum Gasteiger partial charge on any atom is -0.480 e. The lowest BCUT2D eigenvalue weighted by Gasteiger charge is -2.31. The Bertz CT molecular complexity index is 522. The highest BCUT2D eigenvalue weighted by Crippen LogP contribution is 2.16. The fourth-order valence-corrected chi connectivity index (χ4v) is 2.18. The monoisotopic (exact) mass is 325 g/mol. The van der Waals surface area contributed by atoms with Gasteiger partial charge in [0.2, 0.25) is 0 Å². The quantitative estimate of drug-likeness (QED) is 0.816. The number of nitrogens with zero attached hydrogens (tertiary/aromatic N) is 1. The van der Waals surface area contributed by atoms with E-state index in [1.54, 1.807) is 20.8 Å². The highest BCUT2D eigenvalue weighted by Gasteiger charge is 2.32. The number of carboxylic acids is 1. The van der Waals surface area contributed by atoms with Gasteiger partial charge >= 0.3 is 12.1 Å². The zero-order chi connectivity index (χ0) is 16.9. The maximum Gasteiger partial charge on any atom is 0.411 e. The second-order valence-corrected chi connectivity index (χ2v) is 6.50. The summed E-state index contributed by atoms with van der Waals surface area (Å²) in [7, 11) is 0. The molecule has 0 spiro atoms. The summed E-state index contributed by atoms with van der Waals surface area (Å²) < 4.78 is 5.32. The van der Waals surface area contributed by atoms with Crippen LogP contribution in [0, 0.1) is 6.92 Å². The Labute approximate surface area is 136 Å². The van der Waals surface area contributed by atoms with E-state index in [1.165, 1.54) is 4.90 Å². The first-order valence-electron chi connectivity index (χ1n) is 7.03. The van der Waals surface area contributed by atoms with Crippen LogP contribution in [0.1, 0.15) is 31.9 Å². The Hall–Kier alpha value is -1.69. The zero-order valence-corrected chi connectivity index (χ0v) is 14.3. The number of ether oxygens (including phenoxy) is 1. The van der Waals surface area contributed by atoms with Crippen molar-refractivity contribution in [2.24, 2.45) is 0 Å². The van der Waals surface area contributed by atoms with Crippen LogP contribution >= 0.6 is 12.6 Å². The summed E-state index contributed by atoms with van der Waals surface area (Å²) in [5.74, 6) is -1.09. The highest BCUT2D eigenvalue weighted by molar-refractivity contribution is 7.80. The van der Waals surface area contributed by atoms with Gasteiger partial charge in [0.25, 0.3) is 0 Å². The summed E-state index contributed by atoms with van der Waals surface area (Å²) >= 11 is 4.05. The molecule has 22 heavy (non-hydrogen) atoms. The van der Waals surface area contributed by atoms with Gasteiger partial charge in [-0.2, -0.15) is 12.6 Å². The van der Waals surface area contributed by atoms with Crippen molar-refractivity contribution in [3.63, 3.8) is 0 Å². The van der Waals surface area contributed by atoms with E-state index in [0.29, 0.717) is 0 Å². The molecule has 0 radical (unpaired) electrons. The molecule has 0 aliphatic heterocycles. The van der Waals surface area contributed by atoms with E-state index in [9.17, 15) is 14.7 Å². The first kappa shape index (κ1) is 18.4. The summed E-state index contributed by atoms with van der Waals surface area (Å²) in [4.78, 5) is 24.9. The largest absolute Gasteiger partial charge is 0.480 e. The van der Waals surface area contributed by atoms with Crippen molar-refractivity contribution in [2.45, 2.75) is 45.9 Å². The van der Waals surface area contributed by atoms with Gasteiger partial charge < -0.3 is 9.84 Å². The van der Waals surface area contributed by atoms with Crippen LogP contribution in [-0.2, 0) is 16.1 Å². The normalized spacial score (nSPS) is 12.6. The van der Waals surface area contributed by atoms with Crippen LogP contribution in [0.15, 0.2) is 24.3 Å². The van der Waals surface area contributed by atoms with Crippen molar-refractivity contribution in [3.8, 4) is 0 Å². The molecule has 0 aliphatic carbocycles. The molecule has 0 aliphatic rings. The standard InChI is InChI=1S/C16H23NO4S/c1-11-5-7-12(8-6-11)9-17(13(10-22)14(18)19)15(20)21-16(2,3)4/h5-8,13,22H,9-10H2,1-4H3,(H,18,19)/t13-/m0/s1. The number of hydrogen-bond acceptors (Lipinski definition) is 4. The molecule has 1 aromatic rings. The van der Waals surface area contributed by atoms with Gasteiger partial charge in [0.05, 0.1) is 0 Å². The minimum atomic E-state index is -1.10. The van der Waals surface area contributed by atoms with Crippen LogP contribution in [0.2, 0.25) is 0 Å². The van der Waals surface area contributed by atoms with Crippen LogP contribution in [0.3, 0.4) is 0 Å². The molecule has 1 rings (SSSR count). The van der Waals surface area contributed by atoms with Crippen LogP contribution in [0.4, 0.5) is 4.79 Å². The molecule has 1 amide bonds. The molecule has 0 aromatic heterocycles. The van der Waals surface area contributed by atoms with E-state index in [1.807, 2.05) is 31.2 Å². The molecule has 0 bridgehead atoms. The molecule has 0 heterocycles. The van der Waals surface area contributed by atoms with Crippen molar-refractivity contribution >= 4 is 24.7 Å². The average Bonchev–Trinajstić information content (AvgIpc) is 2.38. The number of aryl methyl sites for hydroxylation is 1. The van der Waals surface area contributed by atoms with E-state index in [0.717, 1.165) is 11.1 Å². The van der Waals surface area contributed by atoms with Gasteiger partial charge in [-0.3, -0.25) is 4.90 Å². The third-order valence-electron chi connectivity index (χ3n) is 2.94. The lowest BCUT2D eigenvalue weighted by molar-refractivity contribution is -0.142. The highest BCUT2D eigenvalue weighted by atomic mass is 32.1. The molecule has 0 fully saturated rings. The number of benzene rings is 1. The average molecular weight is 325 g/mol. The Morgan fingerprint density at radius 1 is 1.27 bits per heavy atom. The SMILES string of the molecule is Cc1ccc(CN(C(=O)OC(C)(C)C)[C@@H](CS)C(=O)O)cc1. The molecule has 0 unspecified atom stereocenters. The second-order valence-electron chi connectivity index (χ2n) is 6.13. The lowest BCUT2D eigenvalue weighted by Crippen LogP contribution is -2.47. The number of amides is 1. The van der Waals surface area contributed by atoms with Gasteiger partial charge in [-0.05, 0) is 33.3 Å². The van der Waals surface area contributed by atoms with Gasteiger partial charge in [-0.15, -0.1) is 0 Å². The maximum atomic E-state index is 12.3. The smallest absolute Gasteiger partial charge is 0.411 e. The van der Waals surface area contributed by atoms with Crippen molar-refractivity contribution in [2.75, 3.05) is 5.75 Å². The zero-order valence-electron chi connectivity index (χ0n) is 13.4. The van der Waals surface area contributed by atoms with Gasteiger partial charge in [0.1, 0.15) is 11.6 Å². The number of carboxylic acid groups (broad SMARTS) is 1. The second kappa shape index (κ2) is 7.54. The van der Waals surface area contributed by atoms with Crippen LogP contribution in [0.25, 0.3) is 0 Å². The molecule has 1 N–H and O–H groups in total. The van der Waals surface area contributed by atoms with E-state index in [2.05, 4.69) is 12.6 Å². The number of thiol groups is 1. The first-order valence-corrected chi connectivity index (χ1v) is 7.66. The molecule has 0 saturated carbocycles. The summed E-state index contributed by atoms with van der Waals surface area (Å²) in [6, 6.07) is 6.52. The Morgan fingerprint density at radius 2 is 1.82 bits per heavy atom. The molecular formula is C16H23NO4S. The third-order valence-corrected chi connectivity index (χ3v) is 3.28. The number of aliphatic carboxylic acids is 1. The molecular weight excluding hydrogens is 302 g/mol. The van der Waals surface area contributed by atoms with E-state index in [-0.39, 0.29) is 12.3 Å². The van der Waals surface area contributed by atoms with Crippen LogP contribution in [-0.4, -0.2) is 39.5 Å². The fourth-order valence-electron chi connectivity index (χ4n) is 1.82. The topological polar surface area (TPSA) is 66.8 Å². The summed E-state index contributed by atoms with van der Waals surface area (Å²) in [6.07, 6.45) is -0.658. The first-order chi connectivity index (χ1) is 10.1. The number of carbonyl (C=O) groups is 2. The molecule has 122 valence electrons. The van der Waals surface area contributed by atoms with E-state index >= 15 is 0 Å². The third kappa shape index (κ3) is 5.60. The van der Waals surface area contributed by atoms with Crippen molar-refractivity contribution in [1.29, 1.82) is 0 Å². The molecule has 1 aromatic carbocycles. The molecule has 0 saturated heterocycles.